The molecule has 1 heterocycles. The van der Waals surface area contributed by atoms with Crippen LogP contribution in [-0.2, 0) is 0 Å². The molecule has 2 aromatic rings. The van der Waals surface area contributed by atoms with E-state index in [-0.39, 0.29) is 11.6 Å². The zero-order valence-corrected chi connectivity index (χ0v) is 11.3. The molecule has 19 heavy (non-hydrogen) atoms. The second-order valence-electron chi connectivity index (χ2n) is 3.73. The number of amides is 1. The highest BCUT2D eigenvalue weighted by Gasteiger charge is 2.08. The fourth-order valence-corrected chi connectivity index (χ4v) is 1.77. The third-order valence-electron chi connectivity index (χ3n) is 2.38. The summed E-state index contributed by atoms with van der Waals surface area (Å²) in [5, 5.41) is 11.3. The van der Waals surface area contributed by atoms with E-state index in [1.807, 2.05) is 6.07 Å². The first-order chi connectivity index (χ1) is 9.10. The predicted octanol–water partition coefficient (Wildman–Crippen LogP) is 2.55. The normalized spacial score (nSPS) is 9.68. The van der Waals surface area contributed by atoms with Crippen LogP contribution >= 0.6 is 15.9 Å². The molecule has 1 aromatic heterocycles. The fourth-order valence-electron chi connectivity index (χ4n) is 1.39. The molecule has 1 amide bonds. The topological polar surface area (TPSA) is 91.8 Å². The number of nitrogens with two attached hydrogens (primary N) is 1. The highest BCUT2D eigenvalue weighted by molar-refractivity contribution is 9.10. The van der Waals surface area contributed by atoms with Crippen molar-refractivity contribution >= 4 is 33.2 Å². The van der Waals surface area contributed by atoms with Gasteiger partial charge in [-0.3, -0.25) is 4.79 Å². The number of halogens is 1. The summed E-state index contributed by atoms with van der Waals surface area (Å²) in [5.41, 5.74) is 7.51. The van der Waals surface area contributed by atoms with E-state index in [9.17, 15) is 4.79 Å². The monoisotopic (exact) mass is 316 g/mol. The summed E-state index contributed by atoms with van der Waals surface area (Å²) >= 11 is 3.28. The maximum Gasteiger partial charge on any atom is 0.274 e. The molecule has 0 aliphatic rings. The van der Waals surface area contributed by atoms with Gasteiger partial charge in [0.05, 0.1) is 5.56 Å². The number of nitrogens with one attached hydrogen (secondary N) is 1. The van der Waals surface area contributed by atoms with E-state index in [0.29, 0.717) is 21.4 Å². The molecule has 1 aromatic carbocycles. The van der Waals surface area contributed by atoms with Crippen LogP contribution in [0.25, 0.3) is 0 Å². The number of carbonyl (C=O) groups is 1. The molecule has 94 valence electrons. The number of rotatable bonds is 2. The van der Waals surface area contributed by atoms with Gasteiger partial charge < -0.3 is 11.1 Å². The molecule has 5 nitrogen and oxygen atoms in total. The lowest BCUT2D eigenvalue weighted by Crippen LogP contribution is -2.13. The van der Waals surface area contributed by atoms with Crippen LogP contribution in [0.3, 0.4) is 0 Å². The molecule has 0 bridgehead atoms. The molecule has 0 saturated carbocycles. The third kappa shape index (κ3) is 3.09. The maximum absolute atomic E-state index is 11.9. The van der Waals surface area contributed by atoms with Crippen molar-refractivity contribution in [1.82, 2.24) is 4.98 Å². The molecular weight excluding hydrogens is 308 g/mol. The van der Waals surface area contributed by atoms with E-state index in [2.05, 4.69) is 26.2 Å². The van der Waals surface area contributed by atoms with Crippen molar-refractivity contribution in [1.29, 1.82) is 5.26 Å². The number of nitrogen functional groups attached to an aromatic ring is 1. The molecule has 0 spiro atoms. The highest BCUT2D eigenvalue weighted by atomic mass is 79.9. The Labute approximate surface area is 118 Å². The summed E-state index contributed by atoms with van der Waals surface area (Å²) in [6, 6.07) is 10.1. The summed E-state index contributed by atoms with van der Waals surface area (Å²) in [7, 11) is 0. The molecule has 6 heteroatoms. The quantitative estimate of drug-likeness (QED) is 0.833. The SMILES string of the molecule is N#Cc1ccc(C(=O)Nc2ccc(N)c(Br)c2)nc1. The fraction of sp³-hybridized carbons (Fsp3) is 0. The first-order valence-electron chi connectivity index (χ1n) is 5.32. The molecule has 3 N–H and O–H groups in total. The Morgan fingerprint density at radius 2 is 2.16 bits per heavy atom. The van der Waals surface area contributed by atoms with Crippen LogP contribution in [0.5, 0.6) is 0 Å². The first-order valence-corrected chi connectivity index (χ1v) is 6.12. The van der Waals surface area contributed by atoms with Crippen LogP contribution in [0.4, 0.5) is 11.4 Å². The largest absolute Gasteiger partial charge is 0.398 e. The van der Waals surface area contributed by atoms with Gasteiger partial charge in [0.25, 0.3) is 5.91 Å². The Morgan fingerprint density at radius 3 is 2.74 bits per heavy atom. The van der Waals surface area contributed by atoms with Crippen LogP contribution in [0, 0.1) is 11.3 Å². The molecule has 0 saturated heterocycles. The average molecular weight is 317 g/mol. The number of carbonyl (C=O) groups excluding carboxylic acids is 1. The van der Waals surface area contributed by atoms with E-state index in [1.54, 1.807) is 24.3 Å². The van der Waals surface area contributed by atoms with Gasteiger partial charge in [0.15, 0.2) is 0 Å². The van der Waals surface area contributed by atoms with E-state index in [0.717, 1.165) is 0 Å². The molecule has 0 radical (unpaired) electrons. The summed E-state index contributed by atoms with van der Waals surface area (Å²) < 4.78 is 0.707. The molecule has 0 atom stereocenters. The Balaban J connectivity index is 2.16. The second kappa shape index (κ2) is 5.50. The lowest BCUT2D eigenvalue weighted by atomic mass is 10.2. The molecule has 0 aliphatic carbocycles. The smallest absolute Gasteiger partial charge is 0.274 e. The predicted molar refractivity (Wildman–Crippen MR) is 75.5 cm³/mol. The van der Waals surface area contributed by atoms with E-state index < -0.39 is 0 Å². The zero-order valence-electron chi connectivity index (χ0n) is 9.72. The van der Waals surface area contributed by atoms with Crippen LogP contribution in [0.2, 0.25) is 0 Å². The lowest BCUT2D eigenvalue weighted by molar-refractivity contribution is 0.102. The van der Waals surface area contributed by atoms with Crippen molar-refractivity contribution in [3.8, 4) is 6.07 Å². The van der Waals surface area contributed by atoms with E-state index in [4.69, 9.17) is 11.0 Å². The summed E-state index contributed by atoms with van der Waals surface area (Å²) in [6.45, 7) is 0. The van der Waals surface area contributed by atoms with Crippen molar-refractivity contribution < 1.29 is 4.79 Å². The third-order valence-corrected chi connectivity index (χ3v) is 3.07. The van der Waals surface area contributed by atoms with Crippen molar-refractivity contribution in [2.75, 3.05) is 11.1 Å². The number of hydrogen-bond acceptors (Lipinski definition) is 4. The average Bonchev–Trinajstić information content (AvgIpc) is 2.43. The Morgan fingerprint density at radius 1 is 1.37 bits per heavy atom. The number of aromatic nitrogens is 1. The van der Waals surface area contributed by atoms with Gasteiger partial charge in [-0.2, -0.15) is 5.26 Å². The summed E-state index contributed by atoms with van der Waals surface area (Å²) in [5.74, 6) is -0.346. The van der Waals surface area contributed by atoms with Crippen molar-refractivity contribution in [3.63, 3.8) is 0 Å². The molecule has 0 aliphatic heterocycles. The Kier molecular flexibility index (Phi) is 3.78. The molecule has 0 fully saturated rings. The van der Waals surface area contributed by atoms with Crippen LogP contribution in [0.1, 0.15) is 16.1 Å². The Hall–Kier alpha value is -2.39. The molecular formula is C13H9BrN4O. The van der Waals surface area contributed by atoms with Gasteiger partial charge in [-0.05, 0) is 46.3 Å². The van der Waals surface area contributed by atoms with Crippen LogP contribution < -0.4 is 11.1 Å². The Bertz CT molecular complexity index is 661. The van der Waals surface area contributed by atoms with Crippen LogP contribution in [-0.4, -0.2) is 10.9 Å². The minimum atomic E-state index is -0.346. The standard InChI is InChI=1S/C13H9BrN4O/c14-10-5-9(2-3-11(10)16)18-13(19)12-4-1-8(6-15)7-17-12/h1-5,7H,16H2,(H,18,19). The highest BCUT2D eigenvalue weighted by Crippen LogP contribution is 2.23. The maximum atomic E-state index is 11.9. The summed E-state index contributed by atoms with van der Waals surface area (Å²) in [6.07, 6.45) is 1.35. The molecule has 0 unspecified atom stereocenters. The van der Waals surface area contributed by atoms with Gasteiger partial charge in [0, 0.05) is 22.0 Å². The van der Waals surface area contributed by atoms with Gasteiger partial charge in [-0.15, -0.1) is 0 Å². The number of nitriles is 1. The van der Waals surface area contributed by atoms with Crippen molar-refractivity contribution in [3.05, 3.63) is 52.3 Å². The van der Waals surface area contributed by atoms with Crippen LogP contribution in [0.15, 0.2) is 41.0 Å². The van der Waals surface area contributed by atoms with Gasteiger partial charge in [0.2, 0.25) is 0 Å². The number of nitrogens with zero attached hydrogens (tertiary/aromatic N) is 2. The van der Waals surface area contributed by atoms with Gasteiger partial charge in [-0.25, -0.2) is 4.98 Å². The number of benzene rings is 1. The lowest BCUT2D eigenvalue weighted by Gasteiger charge is -2.06. The van der Waals surface area contributed by atoms with E-state index >= 15 is 0 Å². The zero-order chi connectivity index (χ0) is 13.8. The first kappa shape index (κ1) is 13.1. The number of anilines is 2. The van der Waals surface area contributed by atoms with E-state index in [1.165, 1.54) is 12.3 Å². The number of pyridine rings is 1. The molecule has 2 rings (SSSR count). The summed E-state index contributed by atoms with van der Waals surface area (Å²) in [4.78, 5) is 15.8. The second-order valence-corrected chi connectivity index (χ2v) is 4.59. The van der Waals surface area contributed by atoms with Crippen molar-refractivity contribution in [2.45, 2.75) is 0 Å². The van der Waals surface area contributed by atoms with Gasteiger partial charge in [-0.1, -0.05) is 0 Å². The van der Waals surface area contributed by atoms with Crippen molar-refractivity contribution in [2.24, 2.45) is 0 Å². The number of hydrogen-bond donors (Lipinski definition) is 2. The minimum Gasteiger partial charge on any atom is -0.398 e. The van der Waals surface area contributed by atoms with Gasteiger partial charge >= 0.3 is 0 Å². The minimum absolute atomic E-state index is 0.243. The van der Waals surface area contributed by atoms with Gasteiger partial charge in [0.1, 0.15) is 11.8 Å².